The lowest BCUT2D eigenvalue weighted by Crippen LogP contribution is -2.23. The second kappa shape index (κ2) is 15.8. The van der Waals surface area contributed by atoms with Crippen LogP contribution in [0.15, 0.2) is 237 Å². The maximum Gasteiger partial charge on any atom is 0.111 e. The van der Waals surface area contributed by atoms with Crippen LogP contribution >= 0.6 is 0 Å². The zero-order valence-corrected chi connectivity index (χ0v) is 39.3. The number of aromatic nitrogens is 4. The van der Waals surface area contributed by atoms with Crippen LogP contribution in [0, 0.1) is 17.2 Å². The van der Waals surface area contributed by atoms with Crippen molar-refractivity contribution < 1.29 is 0 Å². The minimum absolute atomic E-state index is 0.412. The largest absolute Gasteiger partial charge is 0.331 e. The van der Waals surface area contributed by atoms with Crippen LogP contribution in [0.3, 0.4) is 0 Å². The SMILES string of the molecule is N#CC1C(n2c3ccccc3c3cc4c(cc32)c2ccccc2n4C2=CC=CCC2)=CC(c2cccc(-c3ccccc3)c2)=C[C@@H]1n1c2ccccc2c2ccc3c(c4ccccc4n3-c3ccccc3)c21. The predicted octanol–water partition coefficient (Wildman–Crippen LogP) is 17.3. The lowest BCUT2D eigenvalue weighted by atomic mass is 9.85. The molecule has 15 rings (SSSR count). The summed E-state index contributed by atoms with van der Waals surface area (Å²) < 4.78 is 9.82. The maximum atomic E-state index is 12.1. The summed E-state index contributed by atoms with van der Waals surface area (Å²) in [6.07, 6.45) is 13.4. The van der Waals surface area contributed by atoms with Gasteiger partial charge in [0.2, 0.25) is 0 Å². The molecule has 4 aromatic heterocycles. The first kappa shape index (κ1) is 40.5. The minimum atomic E-state index is -0.599. The van der Waals surface area contributed by atoms with Crippen molar-refractivity contribution in [3.63, 3.8) is 0 Å². The summed E-state index contributed by atoms with van der Waals surface area (Å²) in [7, 11) is 0. The van der Waals surface area contributed by atoms with Gasteiger partial charge in [-0.05, 0) is 108 Å². The van der Waals surface area contributed by atoms with E-state index in [9.17, 15) is 5.26 Å². The molecule has 1 unspecified atom stereocenters. The molecule has 4 heterocycles. The lowest BCUT2D eigenvalue weighted by Gasteiger charge is -2.31. The van der Waals surface area contributed by atoms with Crippen LogP contribution in [-0.4, -0.2) is 18.3 Å². The fraction of sp³-hybridized carbons (Fsp3) is 0.0597. The number of hydrogen-bond donors (Lipinski definition) is 0. The molecule has 0 fully saturated rings. The zero-order chi connectivity index (χ0) is 47.4. The van der Waals surface area contributed by atoms with Crippen LogP contribution < -0.4 is 0 Å². The van der Waals surface area contributed by atoms with E-state index in [4.69, 9.17) is 0 Å². The summed E-state index contributed by atoms with van der Waals surface area (Å²) in [4.78, 5) is 0. The molecule has 5 nitrogen and oxygen atoms in total. The highest BCUT2D eigenvalue weighted by atomic mass is 15.1. The Labute approximate surface area is 415 Å². The predicted molar refractivity (Wildman–Crippen MR) is 301 cm³/mol. The number of hydrogen-bond acceptors (Lipinski definition) is 1. The van der Waals surface area contributed by atoms with Gasteiger partial charge in [-0.3, -0.25) is 0 Å². The van der Waals surface area contributed by atoms with Gasteiger partial charge in [0.05, 0.1) is 50.7 Å². The molecule has 72 heavy (non-hydrogen) atoms. The molecule has 0 aliphatic heterocycles. The van der Waals surface area contributed by atoms with Crippen molar-refractivity contribution >= 4 is 104 Å². The Morgan fingerprint density at radius 3 is 1.72 bits per heavy atom. The topological polar surface area (TPSA) is 43.5 Å². The number of fused-ring (bicyclic) bond motifs is 13. The molecule has 0 saturated carbocycles. The Hall–Kier alpha value is -9.37. The molecule has 0 bridgehead atoms. The van der Waals surface area contributed by atoms with Crippen molar-refractivity contribution in [1.29, 1.82) is 5.26 Å². The summed E-state index contributed by atoms with van der Waals surface area (Å²) in [5, 5.41) is 21.5. The van der Waals surface area contributed by atoms with Gasteiger partial charge in [-0.2, -0.15) is 5.26 Å². The summed E-state index contributed by atoms with van der Waals surface area (Å²) in [5.74, 6) is -0.599. The van der Waals surface area contributed by atoms with Crippen LogP contribution in [-0.2, 0) is 0 Å². The van der Waals surface area contributed by atoms with Gasteiger partial charge in [-0.15, -0.1) is 0 Å². The molecule has 338 valence electrons. The summed E-state index contributed by atoms with van der Waals surface area (Å²) in [6.45, 7) is 0. The molecule has 0 saturated heterocycles. The third kappa shape index (κ3) is 5.87. The van der Waals surface area contributed by atoms with Crippen LogP contribution in [0.25, 0.3) is 121 Å². The Bertz CT molecular complexity index is 4580. The van der Waals surface area contributed by atoms with E-state index < -0.39 is 12.0 Å². The van der Waals surface area contributed by atoms with Crippen LogP contribution in [0.4, 0.5) is 0 Å². The normalized spacial score (nSPS) is 16.1. The average molecular weight is 920 g/mol. The Morgan fingerprint density at radius 1 is 0.444 bits per heavy atom. The Balaban J connectivity index is 1.05. The van der Waals surface area contributed by atoms with Crippen LogP contribution in [0.2, 0.25) is 0 Å². The van der Waals surface area contributed by atoms with E-state index in [1.807, 2.05) is 0 Å². The summed E-state index contributed by atoms with van der Waals surface area (Å²) in [5.41, 5.74) is 16.9. The average Bonchev–Trinajstić information content (AvgIpc) is 4.17. The van der Waals surface area contributed by atoms with Crippen LogP contribution in [0.5, 0.6) is 0 Å². The van der Waals surface area contributed by atoms with Crippen molar-refractivity contribution in [3.8, 4) is 22.9 Å². The van der Waals surface area contributed by atoms with E-state index in [1.165, 1.54) is 49.0 Å². The quantitative estimate of drug-likeness (QED) is 0.164. The molecule has 2 aliphatic carbocycles. The molecule has 2 aliphatic rings. The number of benzene rings is 9. The van der Waals surface area contributed by atoms with Crippen molar-refractivity contribution in [2.24, 2.45) is 5.92 Å². The molecule has 13 aromatic rings. The number of para-hydroxylation sites is 5. The summed E-state index contributed by atoms with van der Waals surface area (Å²) >= 11 is 0. The van der Waals surface area contributed by atoms with Crippen molar-refractivity contribution in [1.82, 2.24) is 18.3 Å². The smallest absolute Gasteiger partial charge is 0.111 e. The van der Waals surface area contributed by atoms with E-state index in [1.54, 1.807) is 0 Å². The second-order valence-electron chi connectivity index (χ2n) is 19.4. The molecule has 5 heteroatoms. The number of rotatable bonds is 6. The summed E-state index contributed by atoms with van der Waals surface area (Å²) in [6, 6.07) is 77.4. The van der Waals surface area contributed by atoms with Crippen molar-refractivity contribution in [2.45, 2.75) is 18.9 Å². The standard InChI is InChI=1S/C67H45N5/c68-42-56-62(71-58-32-15-12-29-51(58)55-40-64-54(41-65(55)71)50-28-11-14-31-57(50)70(64)48-25-8-3-9-26-48)38-46(45-22-18-21-44(37-45)43-19-4-1-5-20-43)39-63(56)72-59-33-16-10-27-49(59)52-35-36-61-66(67(52)72)53-30-13-17-34-60(53)69(61)47-23-6-2-7-24-47/h1-8,10-25,27-41,56,63H,9,26H2/t56?,63-/m0/s1. The van der Waals surface area contributed by atoms with Gasteiger partial charge in [0.15, 0.2) is 0 Å². The van der Waals surface area contributed by atoms with E-state index in [0.717, 1.165) is 90.4 Å². The third-order valence-corrected chi connectivity index (χ3v) is 15.6. The maximum absolute atomic E-state index is 12.1. The van der Waals surface area contributed by atoms with E-state index in [2.05, 4.69) is 261 Å². The molecule has 0 N–H and O–H groups in total. The zero-order valence-electron chi connectivity index (χ0n) is 39.3. The number of allylic oxidation sites excluding steroid dienone is 8. The monoisotopic (exact) mass is 919 g/mol. The van der Waals surface area contributed by atoms with E-state index in [-0.39, 0.29) is 0 Å². The fourth-order valence-corrected chi connectivity index (χ4v) is 12.5. The van der Waals surface area contributed by atoms with Gasteiger partial charge in [0, 0.05) is 65.7 Å². The highest BCUT2D eigenvalue weighted by molar-refractivity contribution is 6.26. The first-order valence-corrected chi connectivity index (χ1v) is 25.0. The van der Waals surface area contributed by atoms with Gasteiger partial charge >= 0.3 is 0 Å². The molecular weight excluding hydrogens is 875 g/mol. The van der Waals surface area contributed by atoms with Gasteiger partial charge in [0.1, 0.15) is 5.92 Å². The first-order chi connectivity index (χ1) is 35.7. The van der Waals surface area contributed by atoms with Crippen LogP contribution in [0.1, 0.15) is 24.4 Å². The minimum Gasteiger partial charge on any atom is -0.331 e. The Morgan fingerprint density at radius 2 is 1.03 bits per heavy atom. The van der Waals surface area contributed by atoms with Crippen molar-refractivity contribution in [3.05, 3.63) is 242 Å². The highest BCUT2D eigenvalue weighted by Gasteiger charge is 2.35. The Kier molecular flexibility index (Phi) is 8.91. The highest BCUT2D eigenvalue weighted by Crippen LogP contribution is 2.49. The van der Waals surface area contributed by atoms with E-state index >= 15 is 0 Å². The molecule has 0 radical (unpaired) electrons. The van der Waals surface area contributed by atoms with Gasteiger partial charge in [-0.25, -0.2) is 0 Å². The lowest BCUT2D eigenvalue weighted by molar-refractivity contribution is 0.562. The molecular formula is C67H45N5. The van der Waals surface area contributed by atoms with Gasteiger partial charge in [0.25, 0.3) is 0 Å². The molecule has 2 atom stereocenters. The fourth-order valence-electron chi connectivity index (χ4n) is 12.5. The molecule has 0 amide bonds. The molecule has 0 spiro atoms. The first-order valence-electron chi connectivity index (χ1n) is 25.0. The van der Waals surface area contributed by atoms with Gasteiger partial charge < -0.3 is 18.3 Å². The van der Waals surface area contributed by atoms with E-state index in [0.29, 0.717) is 0 Å². The van der Waals surface area contributed by atoms with Crippen molar-refractivity contribution in [2.75, 3.05) is 0 Å². The molecule has 9 aromatic carbocycles. The number of nitriles is 1. The number of nitrogens with zero attached hydrogens (tertiary/aromatic N) is 5. The third-order valence-electron chi connectivity index (χ3n) is 15.6. The second-order valence-corrected chi connectivity index (χ2v) is 19.4. The van der Waals surface area contributed by atoms with Gasteiger partial charge in [-0.1, -0.05) is 164 Å².